The van der Waals surface area contributed by atoms with Crippen LogP contribution in [0.25, 0.3) is 0 Å². The smallest absolute Gasteiger partial charge is 0.255 e. The zero-order valence-corrected chi connectivity index (χ0v) is 14.2. The second-order valence-corrected chi connectivity index (χ2v) is 6.25. The van der Waals surface area contributed by atoms with Crippen LogP contribution in [0.3, 0.4) is 0 Å². The minimum absolute atomic E-state index is 0.0318. The van der Waals surface area contributed by atoms with Gasteiger partial charge in [0.25, 0.3) is 5.91 Å². The first-order chi connectivity index (χ1) is 11.5. The van der Waals surface area contributed by atoms with Gasteiger partial charge in [-0.2, -0.15) is 0 Å². The first-order valence-electron chi connectivity index (χ1n) is 7.41. The van der Waals surface area contributed by atoms with E-state index in [4.69, 9.17) is 23.2 Å². The predicted molar refractivity (Wildman–Crippen MR) is 96.1 cm³/mol. The van der Waals surface area contributed by atoms with E-state index in [1.807, 2.05) is 4.90 Å². The first kappa shape index (κ1) is 16.6. The standard InChI is InChI=1S/C17H15Cl2N3O2/c18-12-3-1-2-11(8-12)17(24)21-13-4-5-15(14(19)9-13)22-7-6-20-16(23)10-22/h1-5,8-9H,6-7,10H2,(H,20,23)(H,21,24). The summed E-state index contributed by atoms with van der Waals surface area (Å²) in [7, 11) is 0. The zero-order valence-electron chi connectivity index (χ0n) is 12.7. The highest BCUT2D eigenvalue weighted by molar-refractivity contribution is 6.33. The third-order valence-electron chi connectivity index (χ3n) is 3.67. The van der Waals surface area contributed by atoms with Crippen molar-refractivity contribution in [1.29, 1.82) is 0 Å². The fourth-order valence-electron chi connectivity index (χ4n) is 2.52. The molecule has 0 spiro atoms. The molecule has 1 aliphatic heterocycles. The number of nitrogens with one attached hydrogen (secondary N) is 2. The molecule has 1 fully saturated rings. The minimum Gasteiger partial charge on any atom is -0.359 e. The van der Waals surface area contributed by atoms with Gasteiger partial charge in [-0.25, -0.2) is 0 Å². The van der Waals surface area contributed by atoms with Crippen LogP contribution in [0, 0.1) is 0 Å². The van der Waals surface area contributed by atoms with Gasteiger partial charge < -0.3 is 15.5 Å². The van der Waals surface area contributed by atoms with E-state index in [0.29, 0.717) is 34.4 Å². The molecule has 5 nitrogen and oxygen atoms in total. The predicted octanol–water partition coefficient (Wildman–Crippen LogP) is 3.18. The summed E-state index contributed by atoms with van der Waals surface area (Å²) in [6.45, 7) is 1.55. The lowest BCUT2D eigenvalue weighted by Crippen LogP contribution is -2.47. The van der Waals surface area contributed by atoms with Crippen LogP contribution >= 0.6 is 23.2 Å². The van der Waals surface area contributed by atoms with Crippen LogP contribution in [0.1, 0.15) is 10.4 Å². The topological polar surface area (TPSA) is 61.4 Å². The van der Waals surface area contributed by atoms with Gasteiger partial charge in [0.05, 0.1) is 17.3 Å². The van der Waals surface area contributed by atoms with Gasteiger partial charge in [-0.15, -0.1) is 0 Å². The van der Waals surface area contributed by atoms with E-state index in [-0.39, 0.29) is 18.4 Å². The number of hydrogen-bond donors (Lipinski definition) is 2. The van der Waals surface area contributed by atoms with Gasteiger partial charge in [0.2, 0.25) is 5.91 Å². The van der Waals surface area contributed by atoms with E-state index < -0.39 is 0 Å². The van der Waals surface area contributed by atoms with Crippen molar-refractivity contribution >= 4 is 46.4 Å². The fourth-order valence-corrected chi connectivity index (χ4v) is 3.01. The number of halogens is 2. The molecule has 0 aliphatic carbocycles. The lowest BCUT2D eigenvalue weighted by molar-refractivity contribution is -0.120. The van der Waals surface area contributed by atoms with Crippen LogP contribution in [0.4, 0.5) is 11.4 Å². The Labute approximate surface area is 149 Å². The molecule has 2 aromatic rings. The molecule has 24 heavy (non-hydrogen) atoms. The Balaban J connectivity index is 1.75. The molecule has 2 amide bonds. The molecule has 0 unspecified atom stereocenters. The van der Waals surface area contributed by atoms with Crippen molar-refractivity contribution < 1.29 is 9.59 Å². The van der Waals surface area contributed by atoms with Gasteiger partial charge >= 0.3 is 0 Å². The average Bonchev–Trinajstić information content (AvgIpc) is 2.55. The van der Waals surface area contributed by atoms with Crippen molar-refractivity contribution in [3.8, 4) is 0 Å². The summed E-state index contributed by atoms with van der Waals surface area (Å²) >= 11 is 12.2. The van der Waals surface area contributed by atoms with Crippen LogP contribution in [0.15, 0.2) is 42.5 Å². The monoisotopic (exact) mass is 363 g/mol. The maximum atomic E-state index is 12.2. The first-order valence-corrected chi connectivity index (χ1v) is 8.16. The number of benzene rings is 2. The molecule has 2 N–H and O–H groups in total. The maximum Gasteiger partial charge on any atom is 0.255 e. The van der Waals surface area contributed by atoms with Crippen LogP contribution in [0.5, 0.6) is 0 Å². The maximum absolute atomic E-state index is 12.2. The van der Waals surface area contributed by atoms with Gasteiger partial charge in [0.1, 0.15) is 0 Å². The van der Waals surface area contributed by atoms with E-state index >= 15 is 0 Å². The van der Waals surface area contributed by atoms with Gasteiger partial charge in [0, 0.05) is 29.4 Å². The highest BCUT2D eigenvalue weighted by Crippen LogP contribution is 2.29. The average molecular weight is 364 g/mol. The molecular weight excluding hydrogens is 349 g/mol. The summed E-state index contributed by atoms with van der Waals surface area (Å²) in [6.07, 6.45) is 0. The Hall–Kier alpha value is -2.24. The summed E-state index contributed by atoms with van der Waals surface area (Å²) in [6, 6.07) is 11.9. The summed E-state index contributed by atoms with van der Waals surface area (Å²) in [5.41, 5.74) is 1.82. The normalized spacial score (nSPS) is 14.2. The van der Waals surface area contributed by atoms with Crippen molar-refractivity contribution in [3.63, 3.8) is 0 Å². The van der Waals surface area contributed by atoms with Crippen LogP contribution in [0.2, 0.25) is 10.0 Å². The Morgan fingerprint density at radius 3 is 2.71 bits per heavy atom. The molecular formula is C17H15Cl2N3O2. The second-order valence-electron chi connectivity index (χ2n) is 5.40. The van der Waals surface area contributed by atoms with Crippen molar-refractivity contribution in [2.45, 2.75) is 0 Å². The molecule has 7 heteroatoms. The van der Waals surface area contributed by atoms with Crippen molar-refractivity contribution in [3.05, 3.63) is 58.1 Å². The lowest BCUT2D eigenvalue weighted by atomic mass is 10.2. The van der Waals surface area contributed by atoms with E-state index in [2.05, 4.69) is 10.6 Å². The number of hydrogen-bond acceptors (Lipinski definition) is 3. The Morgan fingerprint density at radius 2 is 2.00 bits per heavy atom. The number of amides is 2. The summed E-state index contributed by atoms with van der Waals surface area (Å²) in [5.74, 6) is -0.297. The summed E-state index contributed by atoms with van der Waals surface area (Å²) < 4.78 is 0. The molecule has 0 saturated carbocycles. The zero-order chi connectivity index (χ0) is 17.1. The minimum atomic E-state index is -0.265. The van der Waals surface area contributed by atoms with Crippen LogP contribution < -0.4 is 15.5 Å². The Kier molecular flexibility index (Phi) is 4.92. The van der Waals surface area contributed by atoms with Crippen molar-refractivity contribution in [2.24, 2.45) is 0 Å². The number of rotatable bonds is 3. The third-order valence-corrected chi connectivity index (χ3v) is 4.21. The molecule has 1 heterocycles. The molecule has 0 bridgehead atoms. The third kappa shape index (κ3) is 3.80. The van der Waals surface area contributed by atoms with Gasteiger partial charge in [0.15, 0.2) is 0 Å². The van der Waals surface area contributed by atoms with E-state index in [9.17, 15) is 9.59 Å². The van der Waals surface area contributed by atoms with E-state index in [0.717, 1.165) is 5.69 Å². The van der Waals surface area contributed by atoms with E-state index in [1.54, 1.807) is 42.5 Å². The van der Waals surface area contributed by atoms with Crippen molar-refractivity contribution in [2.75, 3.05) is 29.9 Å². The molecule has 124 valence electrons. The summed E-state index contributed by atoms with van der Waals surface area (Å²) in [5, 5.41) is 6.53. The fraction of sp³-hybridized carbons (Fsp3) is 0.176. The molecule has 2 aromatic carbocycles. The highest BCUT2D eigenvalue weighted by atomic mass is 35.5. The molecule has 3 rings (SSSR count). The van der Waals surface area contributed by atoms with Gasteiger partial charge in [-0.3, -0.25) is 9.59 Å². The molecule has 1 saturated heterocycles. The number of anilines is 2. The van der Waals surface area contributed by atoms with Gasteiger partial charge in [-0.1, -0.05) is 29.3 Å². The number of nitrogens with zero attached hydrogens (tertiary/aromatic N) is 1. The van der Waals surface area contributed by atoms with Gasteiger partial charge in [-0.05, 0) is 36.4 Å². The summed E-state index contributed by atoms with van der Waals surface area (Å²) in [4.78, 5) is 25.6. The molecule has 1 aliphatic rings. The number of carbonyl (C=O) groups is 2. The largest absolute Gasteiger partial charge is 0.359 e. The quantitative estimate of drug-likeness (QED) is 0.880. The highest BCUT2D eigenvalue weighted by Gasteiger charge is 2.19. The SMILES string of the molecule is O=C1CN(c2ccc(NC(=O)c3cccc(Cl)c3)cc2Cl)CCN1. The Bertz CT molecular complexity index is 795. The van der Waals surface area contributed by atoms with Crippen LogP contribution in [-0.2, 0) is 4.79 Å². The lowest BCUT2D eigenvalue weighted by Gasteiger charge is -2.29. The van der Waals surface area contributed by atoms with Crippen LogP contribution in [-0.4, -0.2) is 31.4 Å². The number of piperazine rings is 1. The number of carbonyl (C=O) groups excluding carboxylic acids is 2. The van der Waals surface area contributed by atoms with E-state index in [1.165, 1.54) is 0 Å². The second kappa shape index (κ2) is 7.11. The van der Waals surface area contributed by atoms with Crippen molar-refractivity contribution in [1.82, 2.24) is 5.32 Å². The molecule has 0 aromatic heterocycles. The molecule has 0 radical (unpaired) electrons. The molecule has 0 atom stereocenters. The Morgan fingerprint density at radius 1 is 1.17 bits per heavy atom.